The maximum absolute atomic E-state index is 13.3. The molecule has 1 heterocycles. The van der Waals surface area contributed by atoms with Gasteiger partial charge in [-0.3, -0.25) is 14.4 Å². The molecule has 2 aromatic carbocycles. The molecule has 1 N–H and O–H groups in total. The lowest BCUT2D eigenvalue weighted by Gasteiger charge is -2.20. The van der Waals surface area contributed by atoms with Crippen molar-refractivity contribution in [1.29, 1.82) is 0 Å². The summed E-state index contributed by atoms with van der Waals surface area (Å²) in [5, 5.41) is 17.4. The van der Waals surface area contributed by atoms with E-state index in [9.17, 15) is 32.7 Å². The topological polar surface area (TPSA) is 111 Å². The Kier molecular flexibility index (Phi) is 8.66. The quantitative estimate of drug-likeness (QED) is 0.254. The standard InChI is InChI=1S/C28H30F3N3O5/c1-2-3-4-5-14-39-20-10-6-17(7-11-20)25(35)21-12-8-18(24(21)27(37)38)16-34-26(36)22-15-19(28(29,30)31)9-13-23(22)32-33-34/h6-7,9-11,13,15,18,21,24H,2-5,8,12,14,16H2,1H3,(H,37,38)/t18-,21-,24-/m0/s1. The van der Waals surface area contributed by atoms with E-state index in [1.807, 2.05) is 0 Å². The lowest BCUT2D eigenvalue weighted by molar-refractivity contribution is -0.144. The Morgan fingerprint density at radius 2 is 1.82 bits per heavy atom. The molecule has 1 fully saturated rings. The van der Waals surface area contributed by atoms with E-state index in [2.05, 4.69) is 17.2 Å². The summed E-state index contributed by atoms with van der Waals surface area (Å²) in [4.78, 5) is 38.4. The highest BCUT2D eigenvalue weighted by atomic mass is 19.4. The Morgan fingerprint density at radius 1 is 1.08 bits per heavy atom. The fraction of sp³-hybridized carbons (Fsp3) is 0.464. The normalized spacial score (nSPS) is 19.3. The molecule has 39 heavy (non-hydrogen) atoms. The summed E-state index contributed by atoms with van der Waals surface area (Å²) >= 11 is 0. The Labute approximate surface area is 222 Å². The largest absolute Gasteiger partial charge is 0.494 e. The molecule has 1 aliphatic rings. The number of aliphatic carboxylic acids is 1. The molecule has 1 aromatic heterocycles. The van der Waals surface area contributed by atoms with Gasteiger partial charge in [-0.15, -0.1) is 5.10 Å². The third kappa shape index (κ3) is 6.46. The van der Waals surface area contributed by atoms with Gasteiger partial charge in [0.1, 0.15) is 11.3 Å². The van der Waals surface area contributed by atoms with Crippen LogP contribution >= 0.6 is 0 Å². The van der Waals surface area contributed by atoms with Crippen LogP contribution in [0, 0.1) is 17.8 Å². The third-order valence-corrected chi connectivity index (χ3v) is 7.27. The van der Waals surface area contributed by atoms with Gasteiger partial charge in [-0.1, -0.05) is 31.4 Å². The summed E-state index contributed by atoms with van der Waals surface area (Å²) in [6, 6.07) is 9.23. The molecule has 0 unspecified atom stereocenters. The number of benzene rings is 2. The number of ketones is 1. The van der Waals surface area contributed by atoms with E-state index in [-0.39, 0.29) is 23.2 Å². The average Bonchev–Trinajstić information content (AvgIpc) is 3.33. The second-order valence-corrected chi connectivity index (χ2v) is 9.91. The van der Waals surface area contributed by atoms with E-state index in [4.69, 9.17) is 4.74 Å². The molecule has 4 rings (SSSR count). The number of alkyl halides is 3. The molecule has 3 aromatic rings. The van der Waals surface area contributed by atoms with E-state index in [1.54, 1.807) is 24.3 Å². The van der Waals surface area contributed by atoms with Crippen molar-refractivity contribution >= 4 is 22.7 Å². The first-order valence-electron chi connectivity index (χ1n) is 13.0. The van der Waals surface area contributed by atoms with Crippen molar-refractivity contribution in [3.8, 4) is 5.75 Å². The van der Waals surface area contributed by atoms with Crippen molar-refractivity contribution < 1.29 is 32.6 Å². The first kappa shape index (κ1) is 28.3. The molecule has 0 bridgehead atoms. The van der Waals surface area contributed by atoms with Crippen LogP contribution in [0.15, 0.2) is 47.3 Å². The fourth-order valence-corrected chi connectivity index (χ4v) is 5.20. The molecule has 208 valence electrons. The van der Waals surface area contributed by atoms with Crippen LogP contribution in [-0.4, -0.2) is 38.5 Å². The zero-order valence-corrected chi connectivity index (χ0v) is 21.5. The number of carboxylic acid groups (broad SMARTS) is 1. The van der Waals surface area contributed by atoms with Crippen LogP contribution in [0.4, 0.5) is 13.2 Å². The summed E-state index contributed by atoms with van der Waals surface area (Å²) in [5.41, 5.74) is -1.41. The van der Waals surface area contributed by atoms with Crippen LogP contribution < -0.4 is 10.3 Å². The molecular formula is C28H30F3N3O5. The van der Waals surface area contributed by atoms with E-state index in [0.717, 1.165) is 48.6 Å². The number of unbranched alkanes of at least 4 members (excludes halogenated alkanes) is 3. The van der Waals surface area contributed by atoms with Crippen molar-refractivity contribution in [2.75, 3.05) is 6.61 Å². The number of rotatable bonds is 11. The molecule has 8 nitrogen and oxygen atoms in total. The highest BCUT2D eigenvalue weighted by Crippen LogP contribution is 2.40. The Balaban J connectivity index is 1.48. The van der Waals surface area contributed by atoms with Gasteiger partial charge < -0.3 is 9.84 Å². The zero-order valence-electron chi connectivity index (χ0n) is 21.5. The number of Topliss-reactive ketones (excluding diaryl/α,β-unsaturated/α-hetero) is 1. The van der Waals surface area contributed by atoms with Crippen LogP contribution in [0.1, 0.15) is 61.4 Å². The average molecular weight is 546 g/mol. The summed E-state index contributed by atoms with van der Waals surface area (Å²) in [5.74, 6) is -3.38. The number of ether oxygens (including phenoxy) is 1. The Morgan fingerprint density at radius 3 is 2.49 bits per heavy atom. The van der Waals surface area contributed by atoms with Gasteiger partial charge >= 0.3 is 12.1 Å². The van der Waals surface area contributed by atoms with Crippen LogP contribution in [-0.2, 0) is 17.5 Å². The minimum absolute atomic E-state index is 0.00639. The minimum atomic E-state index is -4.64. The summed E-state index contributed by atoms with van der Waals surface area (Å²) in [7, 11) is 0. The van der Waals surface area contributed by atoms with Crippen molar-refractivity contribution in [2.45, 2.75) is 58.2 Å². The summed E-state index contributed by atoms with van der Waals surface area (Å²) in [6.45, 7) is 2.53. The number of hydrogen-bond acceptors (Lipinski definition) is 6. The number of carbonyl (C=O) groups is 2. The predicted molar refractivity (Wildman–Crippen MR) is 137 cm³/mol. The number of aromatic nitrogens is 3. The molecule has 0 radical (unpaired) electrons. The summed E-state index contributed by atoms with van der Waals surface area (Å²) in [6.07, 6.45) is 0.285. The number of fused-ring (bicyclic) bond motifs is 1. The van der Waals surface area contributed by atoms with Crippen LogP contribution in [0.5, 0.6) is 5.75 Å². The van der Waals surface area contributed by atoms with Crippen LogP contribution in [0.3, 0.4) is 0 Å². The molecule has 0 aliphatic heterocycles. The van der Waals surface area contributed by atoms with Crippen LogP contribution in [0.25, 0.3) is 10.9 Å². The van der Waals surface area contributed by atoms with Gasteiger partial charge in [0, 0.05) is 11.5 Å². The lowest BCUT2D eigenvalue weighted by Crippen LogP contribution is -2.34. The summed E-state index contributed by atoms with van der Waals surface area (Å²) < 4.78 is 46.0. The molecule has 3 atom stereocenters. The smallest absolute Gasteiger partial charge is 0.416 e. The monoisotopic (exact) mass is 545 g/mol. The second-order valence-electron chi connectivity index (χ2n) is 9.91. The second kappa shape index (κ2) is 12.0. The van der Waals surface area contributed by atoms with E-state index < -0.39 is 41.0 Å². The van der Waals surface area contributed by atoms with Gasteiger partial charge in [-0.25, -0.2) is 4.68 Å². The van der Waals surface area contributed by atoms with Gasteiger partial charge in [-0.2, -0.15) is 13.2 Å². The Hall–Kier alpha value is -3.76. The molecule has 1 aliphatic carbocycles. The molecule has 0 spiro atoms. The molecule has 1 saturated carbocycles. The third-order valence-electron chi connectivity index (χ3n) is 7.27. The molecular weight excluding hydrogens is 515 g/mol. The van der Waals surface area contributed by atoms with Gasteiger partial charge in [0.2, 0.25) is 0 Å². The predicted octanol–water partition coefficient (Wildman–Crippen LogP) is 5.38. The zero-order chi connectivity index (χ0) is 28.2. The fourth-order valence-electron chi connectivity index (χ4n) is 5.20. The van der Waals surface area contributed by atoms with Gasteiger partial charge in [0.15, 0.2) is 5.78 Å². The molecule has 0 saturated heterocycles. The van der Waals surface area contributed by atoms with Crippen molar-refractivity contribution in [2.24, 2.45) is 17.8 Å². The van der Waals surface area contributed by atoms with Crippen molar-refractivity contribution in [3.63, 3.8) is 0 Å². The highest BCUT2D eigenvalue weighted by molar-refractivity contribution is 6.00. The Bertz CT molecular complexity index is 1390. The van der Waals surface area contributed by atoms with Gasteiger partial charge in [0.05, 0.1) is 30.0 Å². The van der Waals surface area contributed by atoms with E-state index in [0.29, 0.717) is 30.8 Å². The number of halogens is 3. The number of carbonyl (C=O) groups excluding carboxylic acids is 1. The molecule has 11 heteroatoms. The SMILES string of the molecule is CCCCCCOc1ccc(C(=O)[C@H]2CC[C@@H](Cn3nnc4ccc(C(F)(F)F)cc4c3=O)[C@@H]2C(=O)O)cc1. The first-order valence-corrected chi connectivity index (χ1v) is 13.0. The number of carboxylic acids is 1. The number of nitrogens with zero attached hydrogens (tertiary/aromatic N) is 3. The van der Waals surface area contributed by atoms with Crippen molar-refractivity contribution in [1.82, 2.24) is 15.0 Å². The minimum Gasteiger partial charge on any atom is -0.494 e. The van der Waals surface area contributed by atoms with Gasteiger partial charge in [-0.05, 0) is 67.6 Å². The maximum Gasteiger partial charge on any atom is 0.416 e. The van der Waals surface area contributed by atoms with Gasteiger partial charge in [0.25, 0.3) is 5.56 Å². The lowest BCUT2D eigenvalue weighted by atomic mass is 9.84. The van der Waals surface area contributed by atoms with E-state index >= 15 is 0 Å². The van der Waals surface area contributed by atoms with E-state index in [1.165, 1.54) is 0 Å². The van der Waals surface area contributed by atoms with Crippen molar-refractivity contribution in [3.05, 3.63) is 63.9 Å². The maximum atomic E-state index is 13.3. The highest BCUT2D eigenvalue weighted by Gasteiger charge is 2.45. The number of hydrogen-bond donors (Lipinski definition) is 1. The van der Waals surface area contributed by atoms with Crippen LogP contribution in [0.2, 0.25) is 0 Å². The molecule has 0 amide bonds. The first-order chi connectivity index (χ1) is 18.6.